The highest BCUT2D eigenvalue weighted by molar-refractivity contribution is 7.98. The molecular formula is C30H27FN2O2S. The van der Waals surface area contributed by atoms with Crippen LogP contribution in [0.15, 0.2) is 106 Å². The van der Waals surface area contributed by atoms with E-state index in [1.54, 1.807) is 11.8 Å². The van der Waals surface area contributed by atoms with E-state index in [2.05, 4.69) is 22.8 Å². The van der Waals surface area contributed by atoms with E-state index in [0.29, 0.717) is 35.4 Å². The number of allylic oxidation sites excluding steroid dienone is 3. The van der Waals surface area contributed by atoms with Crippen molar-refractivity contribution >= 4 is 29.1 Å². The second kappa shape index (κ2) is 10.2. The number of ketones is 1. The van der Waals surface area contributed by atoms with Gasteiger partial charge in [-0.3, -0.25) is 9.59 Å². The van der Waals surface area contributed by atoms with Crippen LogP contribution in [0.1, 0.15) is 42.7 Å². The first kappa shape index (κ1) is 24.1. The minimum atomic E-state index is -0.484. The number of hydrogen-bond donors (Lipinski definition) is 2. The number of rotatable bonds is 5. The molecule has 2 atom stereocenters. The number of thioether (sulfide) groups is 1. The zero-order chi connectivity index (χ0) is 25.2. The Balaban J connectivity index is 1.55. The summed E-state index contributed by atoms with van der Waals surface area (Å²) in [5, 5.41) is 6.31. The molecule has 4 nitrogen and oxygen atoms in total. The molecule has 1 heterocycles. The lowest BCUT2D eigenvalue weighted by Crippen LogP contribution is -2.37. The number of Topliss-reactive ketones (excluding diaryl/α,β-unsaturated/α-hetero) is 1. The van der Waals surface area contributed by atoms with Gasteiger partial charge in [0, 0.05) is 45.5 Å². The molecule has 0 radical (unpaired) electrons. The molecule has 0 unspecified atom stereocenters. The predicted molar refractivity (Wildman–Crippen MR) is 142 cm³/mol. The molecular weight excluding hydrogens is 471 g/mol. The second-order valence-electron chi connectivity index (χ2n) is 9.16. The molecule has 0 bridgehead atoms. The lowest BCUT2D eigenvalue weighted by molar-refractivity contribution is -0.116. The lowest BCUT2D eigenvalue weighted by Gasteiger charge is -2.37. The maximum absolute atomic E-state index is 13.7. The molecule has 0 spiro atoms. The van der Waals surface area contributed by atoms with Gasteiger partial charge in [0.2, 0.25) is 0 Å². The monoisotopic (exact) mass is 498 g/mol. The second-order valence-corrected chi connectivity index (χ2v) is 10.0. The molecule has 3 aromatic carbocycles. The molecule has 2 N–H and O–H groups in total. The number of carbonyl (C=O) groups is 2. The number of halogens is 1. The van der Waals surface area contributed by atoms with E-state index in [4.69, 9.17) is 0 Å². The first-order chi connectivity index (χ1) is 17.4. The van der Waals surface area contributed by atoms with Gasteiger partial charge >= 0.3 is 0 Å². The van der Waals surface area contributed by atoms with E-state index in [1.807, 2.05) is 55.6 Å². The molecule has 182 valence electrons. The Morgan fingerprint density at radius 1 is 0.944 bits per heavy atom. The van der Waals surface area contributed by atoms with Crippen LogP contribution in [-0.2, 0) is 9.59 Å². The van der Waals surface area contributed by atoms with Gasteiger partial charge in [0.1, 0.15) is 5.82 Å². The largest absolute Gasteiger partial charge is 0.362 e. The molecule has 1 aliphatic carbocycles. The average Bonchev–Trinajstić information content (AvgIpc) is 2.89. The van der Waals surface area contributed by atoms with E-state index in [9.17, 15) is 14.0 Å². The van der Waals surface area contributed by atoms with E-state index in [-0.39, 0.29) is 23.4 Å². The molecule has 2 aliphatic rings. The van der Waals surface area contributed by atoms with Crippen molar-refractivity contribution in [2.75, 3.05) is 11.6 Å². The molecule has 3 aromatic rings. The minimum absolute atomic E-state index is 0.0520. The molecule has 0 saturated heterocycles. The van der Waals surface area contributed by atoms with Crippen molar-refractivity contribution in [1.82, 2.24) is 5.32 Å². The number of hydrogen-bond acceptors (Lipinski definition) is 4. The van der Waals surface area contributed by atoms with Gasteiger partial charge in [-0.05, 0) is 73.0 Å². The third-order valence-electron chi connectivity index (χ3n) is 6.89. The molecule has 6 heteroatoms. The van der Waals surface area contributed by atoms with Gasteiger partial charge in [0.05, 0.1) is 0 Å². The standard InChI is InChI=1S/C30H27FN2O2S/c1-18-27(30(35)33-23-12-10-22(31)11-13-23)28(20-8-14-24(36-2)15-9-20)29-25(32-18)16-21(17-26(29)34)19-6-4-3-5-7-19/h3-15,21,28,32H,16-17H2,1-2H3,(H,33,35)/t21-,28-/m0/s1. The molecule has 1 amide bonds. The van der Waals surface area contributed by atoms with Gasteiger partial charge in [0.25, 0.3) is 5.91 Å². The van der Waals surface area contributed by atoms with Crippen LogP contribution in [0.25, 0.3) is 0 Å². The van der Waals surface area contributed by atoms with Crippen LogP contribution < -0.4 is 10.6 Å². The maximum Gasteiger partial charge on any atom is 0.254 e. The summed E-state index contributed by atoms with van der Waals surface area (Å²) in [6.07, 6.45) is 3.12. The summed E-state index contributed by atoms with van der Waals surface area (Å²) >= 11 is 1.64. The lowest BCUT2D eigenvalue weighted by atomic mass is 9.71. The smallest absolute Gasteiger partial charge is 0.254 e. The fraction of sp³-hybridized carbons (Fsp3) is 0.200. The Bertz CT molecular complexity index is 1360. The van der Waals surface area contributed by atoms with Gasteiger partial charge in [-0.25, -0.2) is 4.39 Å². The van der Waals surface area contributed by atoms with Crippen LogP contribution in [0.3, 0.4) is 0 Å². The van der Waals surface area contributed by atoms with E-state index in [0.717, 1.165) is 21.7 Å². The number of nitrogens with one attached hydrogen (secondary N) is 2. The van der Waals surface area contributed by atoms with Crippen molar-refractivity contribution in [3.8, 4) is 0 Å². The SMILES string of the molecule is CSc1ccc([C@H]2C(C(=O)Nc3ccc(F)cc3)=C(C)NC3=C2C(=O)C[C@@H](c2ccccc2)C3)cc1. The average molecular weight is 499 g/mol. The molecule has 5 rings (SSSR count). The van der Waals surface area contributed by atoms with Crippen molar-refractivity contribution in [1.29, 1.82) is 0 Å². The van der Waals surface area contributed by atoms with Crippen molar-refractivity contribution < 1.29 is 14.0 Å². The van der Waals surface area contributed by atoms with Crippen molar-refractivity contribution in [2.24, 2.45) is 0 Å². The normalized spacial score (nSPS) is 19.6. The first-order valence-electron chi connectivity index (χ1n) is 11.9. The van der Waals surface area contributed by atoms with Gasteiger partial charge < -0.3 is 10.6 Å². The van der Waals surface area contributed by atoms with Crippen molar-refractivity contribution in [3.05, 3.63) is 118 Å². The van der Waals surface area contributed by atoms with Crippen molar-refractivity contribution in [2.45, 2.75) is 36.5 Å². The van der Waals surface area contributed by atoms with Crippen molar-refractivity contribution in [3.63, 3.8) is 0 Å². The molecule has 0 aromatic heterocycles. The van der Waals surface area contributed by atoms with Gasteiger partial charge in [-0.1, -0.05) is 42.5 Å². The number of dihydropyridines is 1. The van der Waals surface area contributed by atoms with E-state index < -0.39 is 5.92 Å². The van der Waals surface area contributed by atoms with Crippen LogP contribution in [0, 0.1) is 5.82 Å². The van der Waals surface area contributed by atoms with Crippen LogP contribution in [0.4, 0.5) is 10.1 Å². The molecule has 0 saturated carbocycles. The Hall–Kier alpha value is -3.64. The topological polar surface area (TPSA) is 58.2 Å². The van der Waals surface area contributed by atoms with Gasteiger partial charge in [-0.2, -0.15) is 0 Å². The maximum atomic E-state index is 13.7. The molecule has 36 heavy (non-hydrogen) atoms. The summed E-state index contributed by atoms with van der Waals surface area (Å²) in [6, 6.07) is 23.8. The third-order valence-corrected chi connectivity index (χ3v) is 7.64. The minimum Gasteiger partial charge on any atom is -0.362 e. The van der Waals surface area contributed by atoms with Crippen LogP contribution in [0.5, 0.6) is 0 Å². The van der Waals surface area contributed by atoms with Gasteiger partial charge in [0.15, 0.2) is 5.78 Å². The number of amides is 1. The molecule has 0 fully saturated rings. The predicted octanol–water partition coefficient (Wildman–Crippen LogP) is 6.55. The van der Waals surface area contributed by atoms with E-state index >= 15 is 0 Å². The Kier molecular flexibility index (Phi) is 6.79. The molecule has 1 aliphatic heterocycles. The third kappa shape index (κ3) is 4.73. The highest BCUT2D eigenvalue weighted by atomic mass is 32.2. The highest BCUT2D eigenvalue weighted by Gasteiger charge is 2.40. The summed E-state index contributed by atoms with van der Waals surface area (Å²) in [6.45, 7) is 1.88. The first-order valence-corrected chi connectivity index (χ1v) is 13.2. The summed E-state index contributed by atoms with van der Waals surface area (Å²) in [4.78, 5) is 28.4. The summed E-state index contributed by atoms with van der Waals surface area (Å²) in [5.41, 5.74) is 5.30. The Morgan fingerprint density at radius 2 is 1.64 bits per heavy atom. The van der Waals surface area contributed by atoms with Crippen LogP contribution >= 0.6 is 11.8 Å². The Labute approximate surface area is 214 Å². The summed E-state index contributed by atoms with van der Waals surface area (Å²) in [5.74, 6) is -1.02. The number of benzene rings is 3. The van der Waals surface area contributed by atoms with Crippen LogP contribution in [0.2, 0.25) is 0 Å². The summed E-state index contributed by atoms with van der Waals surface area (Å²) < 4.78 is 13.4. The number of carbonyl (C=O) groups excluding carboxylic acids is 2. The highest BCUT2D eigenvalue weighted by Crippen LogP contribution is 2.45. The van der Waals surface area contributed by atoms with E-state index in [1.165, 1.54) is 24.3 Å². The zero-order valence-corrected chi connectivity index (χ0v) is 21.0. The van der Waals surface area contributed by atoms with Gasteiger partial charge in [-0.15, -0.1) is 11.8 Å². The Morgan fingerprint density at radius 3 is 2.31 bits per heavy atom. The fourth-order valence-electron chi connectivity index (χ4n) is 5.16. The fourth-order valence-corrected chi connectivity index (χ4v) is 5.57. The number of anilines is 1. The zero-order valence-electron chi connectivity index (χ0n) is 20.2. The summed E-state index contributed by atoms with van der Waals surface area (Å²) in [7, 11) is 0. The van der Waals surface area contributed by atoms with Crippen LogP contribution in [-0.4, -0.2) is 17.9 Å². The quantitative estimate of drug-likeness (QED) is 0.392.